The van der Waals surface area contributed by atoms with Gasteiger partial charge in [0.25, 0.3) is 0 Å². The number of nitrogens with zero attached hydrogens (tertiary/aromatic N) is 2. The molecule has 0 unspecified atom stereocenters. The topological polar surface area (TPSA) is 96.7 Å². The highest BCUT2D eigenvalue weighted by molar-refractivity contribution is 5.96. The first-order valence-corrected chi connectivity index (χ1v) is 8.83. The first kappa shape index (κ1) is 17.5. The second kappa shape index (κ2) is 7.36. The van der Waals surface area contributed by atoms with Gasteiger partial charge in [-0.2, -0.15) is 0 Å². The molecule has 0 spiro atoms. The Bertz CT molecular complexity index is 1190. The van der Waals surface area contributed by atoms with Crippen LogP contribution < -0.4 is 11.1 Å². The number of nitrogens with one attached hydrogen (secondary N) is 2. The van der Waals surface area contributed by atoms with Crippen molar-refractivity contribution in [3.05, 3.63) is 72.7 Å². The van der Waals surface area contributed by atoms with Crippen molar-refractivity contribution in [3.63, 3.8) is 0 Å². The minimum atomic E-state index is -0.469. The van der Waals surface area contributed by atoms with Crippen molar-refractivity contribution in [2.45, 2.75) is 0 Å². The van der Waals surface area contributed by atoms with E-state index >= 15 is 0 Å². The van der Waals surface area contributed by atoms with Crippen molar-refractivity contribution in [2.24, 2.45) is 5.73 Å². The summed E-state index contributed by atoms with van der Waals surface area (Å²) in [5, 5.41) is 4.10. The summed E-state index contributed by atoms with van der Waals surface area (Å²) in [5.41, 5.74) is 11.0. The molecule has 0 aliphatic heterocycles. The summed E-state index contributed by atoms with van der Waals surface area (Å²) in [6.07, 6.45) is 8.64. The average Bonchev–Trinajstić information content (AvgIpc) is 3.16. The first-order chi connectivity index (χ1) is 13.6. The number of carbonyl (C=O) groups excluding carboxylic acids is 1. The second-order valence-corrected chi connectivity index (χ2v) is 6.36. The van der Waals surface area contributed by atoms with Crippen LogP contribution in [0.15, 0.2) is 67.1 Å². The summed E-state index contributed by atoms with van der Waals surface area (Å²) in [7, 11) is 1.85. The lowest BCUT2D eigenvalue weighted by atomic mass is 10.0. The van der Waals surface area contributed by atoms with Gasteiger partial charge in [-0.15, -0.1) is 0 Å². The van der Waals surface area contributed by atoms with Crippen LogP contribution in [-0.2, 0) is 4.79 Å². The summed E-state index contributed by atoms with van der Waals surface area (Å²) in [6.45, 7) is 0. The van der Waals surface area contributed by atoms with Gasteiger partial charge in [-0.1, -0.05) is 18.2 Å². The monoisotopic (exact) mass is 369 g/mol. The molecule has 0 bridgehead atoms. The number of hydrogen-bond donors (Lipinski definition) is 3. The van der Waals surface area contributed by atoms with Crippen molar-refractivity contribution >= 4 is 28.8 Å². The van der Waals surface area contributed by atoms with E-state index in [1.165, 1.54) is 6.08 Å². The molecule has 6 nitrogen and oxygen atoms in total. The SMILES string of the molecule is CNc1cc(-c2c[nH]c3ncc(-c4cccc(/C=C/C(N)=O)c4)cc23)ccn1. The fraction of sp³-hybridized carbons (Fsp3) is 0.0455. The normalized spacial score (nSPS) is 11.2. The van der Waals surface area contributed by atoms with E-state index in [1.807, 2.05) is 55.8 Å². The molecule has 1 amide bonds. The van der Waals surface area contributed by atoms with Crippen LogP contribution in [0, 0.1) is 0 Å². The molecular weight excluding hydrogens is 350 g/mol. The van der Waals surface area contributed by atoms with Crippen LogP contribution in [0.2, 0.25) is 0 Å². The summed E-state index contributed by atoms with van der Waals surface area (Å²) < 4.78 is 0. The van der Waals surface area contributed by atoms with Crippen molar-refractivity contribution in [1.82, 2.24) is 15.0 Å². The van der Waals surface area contributed by atoms with E-state index in [2.05, 4.69) is 26.3 Å². The predicted octanol–water partition coefficient (Wildman–Crippen LogP) is 3.83. The van der Waals surface area contributed by atoms with E-state index in [9.17, 15) is 4.79 Å². The van der Waals surface area contributed by atoms with Crippen LogP contribution in [0.3, 0.4) is 0 Å². The third-order valence-electron chi connectivity index (χ3n) is 4.52. The maximum atomic E-state index is 11.0. The molecule has 0 saturated carbocycles. The molecule has 0 saturated heterocycles. The number of hydrogen-bond acceptors (Lipinski definition) is 4. The number of carbonyl (C=O) groups is 1. The standard InChI is InChI=1S/C22H19N5O/c1-24-21-11-16(7-8-25-21)19-13-27-22-18(19)10-17(12-26-22)15-4-2-3-14(9-15)5-6-20(23)28/h2-13H,1H3,(H2,23,28)(H,24,25)(H,26,27)/b6-5+. The molecule has 6 heteroatoms. The fourth-order valence-electron chi connectivity index (χ4n) is 3.14. The highest BCUT2D eigenvalue weighted by Gasteiger charge is 2.10. The Balaban J connectivity index is 1.78. The molecule has 0 aliphatic rings. The van der Waals surface area contributed by atoms with Crippen LogP contribution >= 0.6 is 0 Å². The third-order valence-corrected chi connectivity index (χ3v) is 4.52. The van der Waals surface area contributed by atoms with Crippen LogP contribution in [0.25, 0.3) is 39.4 Å². The number of benzene rings is 1. The molecule has 3 aromatic heterocycles. The molecule has 1 aromatic carbocycles. The van der Waals surface area contributed by atoms with Crippen LogP contribution in [0.4, 0.5) is 5.82 Å². The Morgan fingerprint density at radius 3 is 2.82 bits per heavy atom. The van der Waals surface area contributed by atoms with Crippen LogP contribution in [0.1, 0.15) is 5.56 Å². The minimum Gasteiger partial charge on any atom is -0.373 e. The van der Waals surface area contributed by atoms with Gasteiger partial charge in [-0.05, 0) is 47.0 Å². The van der Waals surface area contributed by atoms with Crippen molar-refractivity contribution < 1.29 is 4.79 Å². The lowest BCUT2D eigenvalue weighted by molar-refractivity contribution is -0.113. The lowest BCUT2D eigenvalue weighted by Gasteiger charge is -2.06. The Kier molecular flexibility index (Phi) is 4.60. The average molecular weight is 369 g/mol. The van der Waals surface area contributed by atoms with Crippen LogP contribution in [-0.4, -0.2) is 27.9 Å². The van der Waals surface area contributed by atoms with E-state index in [0.717, 1.165) is 44.7 Å². The fourth-order valence-corrected chi connectivity index (χ4v) is 3.14. The van der Waals surface area contributed by atoms with Crippen molar-refractivity contribution in [2.75, 3.05) is 12.4 Å². The highest BCUT2D eigenvalue weighted by atomic mass is 16.1. The van der Waals surface area contributed by atoms with Gasteiger partial charge in [0.2, 0.25) is 5.91 Å². The zero-order chi connectivity index (χ0) is 19.5. The van der Waals surface area contributed by atoms with E-state index in [1.54, 1.807) is 12.3 Å². The third kappa shape index (κ3) is 3.48. The van der Waals surface area contributed by atoms with Gasteiger partial charge in [-0.3, -0.25) is 4.79 Å². The molecule has 138 valence electrons. The number of anilines is 1. The summed E-state index contributed by atoms with van der Waals surface area (Å²) in [4.78, 5) is 23.1. The van der Waals surface area contributed by atoms with Gasteiger partial charge in [0.15, 0.2) is 0 Å². The smallest absolute Gasteiger partial charge is 0.241 e. The van der Waals surface area contributed by atoms with Gasteiger partial charge in [-0.25, -0.2) is 9.97 Å². The molecule has 0 fully saturated rings. The molecule has 0 aliphatic carbocycles. The summed E-state index contributed by atoms with van der Waals surface area (Å²) in [5.74, 6) is 0.341. The highest BCUT2D eigenvalue weighted by Crippen LogP contribution is 2.31. The molecule has 4 aromatic rings. The van der Waals surface area contributed by atoms with Crippen molar-refractivity contribution in [1.29, 1.82) is 0 Å². The zero-order valence-electron chi connectivity index (χ0n) is 15.3. The molecule has 0 atom stereocenters. The number of rotatable bonds is 5. The Labute approximate surface area is 162 Å². The number of pyridine rings is 2. The molecule has 4 rings (SSSR count). The number of fused-ring (bicyclic) bond motifs is 1. The number of nitrogens with two attached hydrogens (primary N) is 1. The maximum absolute atomic E-state index is 11.0. The number of H-pyrrole nitrogens is 1. The minimum absolute atomic E-state index is 0.469. The molecule has 28 heavy (non-hydrogen) atoms. The van der Waals surface area contributed by atoms with Gasteiger partial charge >= 0.3 is 0 Å². The van der Waals surface area contributed by atoms with Crippen molar-refractivity contribution in [3.8, 4) is 22.3 Å². The molecule has 3 heterocycles. The predicted molar refractivity (Wildman–Crippen MR) is 113 cm³/mol. The van der Waals surface area contributed by atoms with E-state index in [-0.39, 0.29) is 0 Å². The number of aromatic nitrogens is 3. The van der Waals surface area contributed by atoms with Gasteiger partial charge in [0, 0.05) is 48.2 Å². The van der Waals surface area contributed by atoms with E-state index in [4.69, 9.17) is 5.73 Å². The summed E-state index contributed by atoms with van der Waals surface area (Å²) in [6, 6.07) is 14.0. The zero-order valence-corrected chi connectivity index (χ0v) is 15.3. The molecule has 0 radical (unpaired) electrons. The molecule has 4 N–H and O–H groups in total. The quantitative estimate of drug-likeness (QED) is 0.466. The maximum Gasteiger partial charge on any atom is 0.241 e. The van der Waals surface area contributed by atoms with Crippen LogP contribution in [0.5, 0.6) is 0 Å². The second-order valence-electron chi connectivity index (χ2n) is 6.36. The van der Waals surface area contributed by atoms with Gasteiger partial charge < -0.3 is 16.0 Å². The number of primary amides is 1. The van der Waals surface area contributed by atoms with Gasteiger partial charge in [0.05, 0.1) is 0 Å². The van der Waals surface area contributed by atoms with E-state index in [0.29, 0.717) is 0 Å². The van der Waals surface area contributed by atoms with Gasteiger partial charge in [0.1, 0.15) is 11.5 Å². The van der Waals surface area contributed by atoms with E-state index < -0.39 is 5.91 Å². The first-order valence-electron chi connectivity index (χ1n) is 8.83. The molecular formula is C22H19N5O. The Morgan fingerprint density at radius 2 is 2.00 bits per heavy atom. The lowest BCUT2D eigenvalue weighted by Crippen LogP contribution is -2.05. The number of aromatic amines is 1. The Morgan fingerprint density at radius 1 is 1.11 bits per heavy atom. The number of amides is 1. The largest absolute Gasteiger partial charge is 0.373 e. The summed E-state index contributed by atoms with van der Waals surface area (Å²) >= 11 is 0. The Hall–Kier alpha value is -3.93.